The van der Waals surface area contributed by atoms with Gasteiger partial charge in [-0.25, -0.2) is 0 Å². The van der Waals surface area contributed by atoms with Gasteiger partial charge in [0.05, 0.1) is 5.56 Å². The van der Waals surface area contributed by atoms with Crippen LogP contribution < -0.4 is 10.2 Å². The van der Waals surface area contributed by atoms with Gasteiger partial charge in [0, 0.05) is 31.9 Å². The predicted molar refractivity (Wildman–Crippen MR) is 101 cm³/mol. The smallest absolute Gasteiger partial charge is 0.378 e. The zero-order chi connectivity index (χ0) is 21.0. The monoisotopic (exact) mass is 404 g/mol. The van der Waals surface area contributed by atoms with Gasteiger partial charge in [-0.1, -0.05) is 24.3 Å². The van der Waals surface area contributed by atoms with Crippen LogP contribution in [0.15, 0.2) is 48.5 Å². The summed E-state index contributed by atoms with van der Waals surface area (Å²) in [4.78, 5) is 15.1. The summed E-state index contributed by atoms with van der Waals surface area (Å²) in [6, 6.07) is 12.3. The number of hydrogen-bond donors (Lipinski definition) is 1. The second kappa shape index (κ2) is 8.29. The molecule has 1 amide bonds. The zero-order valence-electron chi connectivity index (χ0n) is 15.8. The van der Waals surface area contributed by atoms with Gasteiger partial charge < -0.3 is 10.2 Å². The van der Waals surface area contributed by atoms with Gasteiger partial charge in [-0.05, 0) is 35.0 Å². The molecule has 0 aliphatic carbocycles. The van der Waals surface area contributed by atoms with Crippen molar-refractivity contribution in [1.82, 2.24) is 25.5 Å². The molecule has 1 aromatic heterocycles. The first-order chi connectivity index (χ1) is 13.7. The molecule has 0 fully saturated rings. The molecule has 152 valence electrons. The highest BCUT2D eigenvalue weighted by atomic mass is 19.4. The van der Waals surface area contributed by atoms with Crippen LogP contribution in [0.5, 0.6) is 0 Å². The second-order valence-corrected chi connectivity index (χ2v) is 6.56. The number of hydrogen-bond acceptors (Lipinski definition) is 5. The van der Waals surface area contributed by atoms with Crippen LogP contribution in [0, 0.1) is 0 Å². The molecule has 1 heterocycles. The molecule has 0 radical (unpaired) electrons. The Kier molecular flexibility index (Phi) is 5.81. The molecular weight excluding hydrogens is 385 g/mol. The Morgan fingerprint density at radius 1 is 1.14 bits per heavy atom. The molecule has 10 heteroatoms. The Morgan fingerprint density at radius 2 is 1.86 bits per heavy atom. The molecule has 29 heavy (non-hydrogen) atoms. The van der Waals surface area contributed by atoms with Crippen LogP contribution in [0.4, 0.5) is 18.9 Å². The molecule has 2 aromatic carbocycles. The number of benzene rings is 2. The minimum absolute atomic E-state index is 0.0168. The average molecular weight is 404 g/mol. The predicted octanol–water partition coefficient (Wildman–Crippen LogP) is 2.74. The van der Waals surface area contributed by atoms with Crippen LogP contribution in [-0.2, 0) is 24.1 Å². The highest BCUT2D eigenvalue weighted by Crippen LogP contribution is 2.31. The summed E-state index contributed by atoms with van der Waals surface area (Å²) in [7, 11) is 3.88. The fourth-order valence-corrected chi connectivity index (χ4v) is 2.56. The summed E-state index contributed by atoms with van der Waals surface area (Å²) >= 11 is 0. The molecule has 0 unspecified atom stereocenters. The number of nitrogens with one attached hydrogen (secondary N) is 1. The van der Waals surface area contributed by atoms with Crippen molar-refractivity contribution in [1.29, 1.82) is 0 Å². The largest absolute Gasteiger partial charge is 0.416 e. The van der Waals surface area contributed by atoms with Crippen LogP contribution in [0.1, 0.15) is 11.1 Å². The molecule has 0 spiro atoms. The highest BCUT2D eigenvalue weighted by molar-refractivity contribution is 5.75. The molecule has 1 N–H and O–H groups in total. The summed E-state index contributed by atoms with van der Waals surface area (Å²) in [5, 5.41) is 14.2. The standard InChI is InChI=1S/C19H19F3N6O/c1-27(2)16-8-6-13(7-9-16)11-23-17(29)12-28-25-18(24-26-28)14-4-3-5-15(10-14)19(20,21)22/h3-10H,11-12H2,1-2H3,(H,23,29). The normalized spacial score (nSPS) is 11.3. The number of alkyl halides is 3. The van der Waals surface area contributed by atoms with Gasteiger partial charge in [0.1, 0.15) is 6.54 Å². The lowest BCUT2D eigenvalue weighted by Crippen LogP contribution is -2.28. The molecule has 3 aromatic rings. The van der Waals surface area contributed by atoms with E-state index in [4.69, 9.17) is 0 Å². The minimum atomic E-state index is -4.46. The number of anilines is 1. The van der Waals surface area contributed by atoms with Gasteiger partial charge >= 0.3 is 6.18 Å². The van der Waals surface area contributed by atoms with E-state index < -0.39 is 11.7 Å². The average Bonchev–Trinajstić information content (AvgIpc) is 3.14. The van der Waals surface area contributed by atoms with Gasteiger partial charge in [-0.15, -0.1) is 10.2 Å². The van der Waals surface area contributed by atoms with E-state index in [9.17, 15) is 18.0 Å². The van der Waals surface area contributed by atoms with Crippen LogP contribution in [0.25, 0.3) is 11.4 Å². The lowest BCUT2D eigenvalue weighted by molar-refractivity contribution is -0.137. The van der Waals surface area contributed by atoms with Crippen LogP contribution in [0.2, 0.25) is 0 Å². The maximum atomic E-state index is 12.8. The van der Waals surface area contributed by atoms with Crippen molar-refractivity contribution >= 4 is 11.6 Å². The number of halogens is 3. The number of carbonyl (C=O) groups is 1. The van der Waals surface area contributed by atoms with E-state index in [0.29, 0.717) is 6.54 Å². The number of nitrogens with zero attached hydrogens (tertiary/aromatic N) is 5. The number of tetrazole rings is 1. The quantitative estimate of drug-likeness (QED) is 0.684. The highest BCUT2D eigenvalue weighted by Gasteiger charge is 2.30. The van der Waals surface area contributed by atoms with Gasteiger partial charge in [0.2, 0.25) is 11.7 Å². The van der Waals surface area contributed by atoms with E-state index in [0.717, 1.165) is 28.2 Å². The molecule has 7 nitrogen and oxygen atoms in total. The third kappa shape index (κ3) is 5.31. The third-order valence-electron chi connectivity index (χ3n) is 4.13. The van der Waals surface area contributed by atoms with E-state index in [2.05, 4.69) is 20.7 Å². The van der Waals surface area contributed by atoms with Crippen molar-refractivity contribution < 1.29 is 18.0 Å². The van der Waals surface area contributed by atoms with Crippen molar-refractivity contribution in [2.24, 2.45) is 0 Å². The third-order valence-corrected chi connectivity index (χ3v) is 4.13. The van der Waals surface area contributed by atoms with Crippen LogP contribution in [0.3, 0.4) is 0 Å². The fourth-order valence-electron chi connectivity index (χ4n) is 2.56. The second-order valence-electron chi connectivity index (χ2n) is 6.56. The number of carbonyl (C=O) groups excluding carboxylic acids is 1. The molecule has 3 rings (SSSR count). The first-order valence-electron chi connectivity index (χ1n) is 8.71. The van der Waals surface area contributed by atoms with E-state index in [1.165, 1.54) is 12.1 Å². The van der Waals surface area contributed by atoms with E-state index in [1.54, 1.807) is 0 Å². The number of rotatable bonds is 6. The van der Waals surface area contributed by atoms with E-state index >= 15 is 0 Å². The van der Waals surface area contributed by atoms with Gasteiger partial charge in [-0.2, -0.15) is 18.0 Å². The number of amides is 1. The maximum Gasteiger partial charge on any atom is 0.416 e. The van der Waals surface area contributed by atoms with Crippen LogP contribution >= 0.6 is 0 Å². The Hall–Kier alpha value is -3.43. The van der Waals surface area contributed by atoms with Crippen molar-refractivity contribution in [2.75, 3.05) is 19.0 Å². The first-order valence-corrected chi connectivity index (χ1v) is 8.71. The van der Waals surface area contributed by atoms with Crippen molar-refractivity contribution in [2.45, 2.75) is 19.3 Å². The first kappa shape index (κ1) is 20.3. The van der Waals surface area contributed by atoms with E-state index in [1.807, 2.05) is 43.3 Å². The SMILES string of the molecule is CN(C)c1ccc(CNC(=O)Cn2nnc(-c3cccc(C(F)(F)F)c3)n2)cc1. The number of aromatic nitrogens is 4. The van der Waals surface area contributed by atoms with Crippen molar-refractivity contribution in [3.05, 3.63) is 59.7 Å². The van der Waals surface area contributed by atoms with E-state index in [-0.39, 0.29) is 23.8 Å². The molecule has 0 saturated carbocycles. The molecular formula is C19H19F3N6O. The van der Waals surface area contributed by atoms with Crippen LogP contribution in [-0.4, -0.2) is 40.2 Å². The lowest BCUT2D eigenvalue weighted by Gasteiger charge is -2.12. The molecule has 0 saturated heterocycles. The summed E-state index contributed by atoms with van der Waals surface area (Å²) < 4.78 is 38.5. The van der Waals surface area contributed by atoms with Gasteiger partial charge in [0.15, 0.2) is 0 Å². The van der Waals surface area contributed by atoms with Gasteiger partial charge in [0.25, 0.3) is 0 Å². The molecule has 0 bridgehead atoms. The Labute approximate surface area is 165 Å². The van der Waals surface area contributed by atoms with Gasteiger partial charge in [-0.3, -0.25) is 4.79 Å². The summed E-state index contributed by atoms with van der Waals surface area (Å²) in [5.41, 5.74) is 1.35. The van der Waals surface area contributed by atoms with Crippen molar-refractivity contribution in [3.63, 3.8) is 0 Å². The topological polar surface area (TPSA) is 75.9 Å². The minimum Gasteiger partial charge on any atom is -0.378 e. The Bertz CT molecular complexity index is 982. The molecule has 0 atom stereocenters. The van der Waals surface area contributed by atoms with Crippen molar-refractivity contribution in [3.8, 4) is 11.4 Å². The maximum absolute atomic E-state index is 12.8. The molecule has 0 aliphatic rings. The fraction of sp³-hybridized carbons (Fsp3) is 0.263. The summed E-state index contributed by atoms with van der Waals surface area (Å²) in [6.07, 6.45) is -4.46. The lowest BCUT2D eigenvalue weighted by atomic mass is 10.1. The zero-order valence-corrected chi connectivity index (χ0v) is 15.8. The summed E-state index contributed by atoms with van der Waals surface area (Å²) in [5.74, 6) is -0.321. The summed E-state index contributed by atoms with van der Waals surface area (Å²) in [6.45, 7) is 0.142. The Balaban J connectivity index is 1.59. The molecule has 0 aliphatic heterocycles. The Morgan fingerprint density at radius 3 is 2.52 bits per heavy atom.